The number of hydrogen-bond donors (Lipinski definition) is 1. The Morgan fingerprint density at radius 3 is 3.00 bits per heavy atom. The highest BCUT2D eigenvalue weighted by Gasteiger charge is 2.24. The van der Waals surface area contributed by atoms with E-state index in [-0.39, 0.29) is 6.10 Å². The summed E-state index contributed by atoms with van der Waals surface area (Å²) in [5, 5.41) is 7.54. The number of nitrogens with zero attached hydrogens (tertiary/aromatic N) is 2. The van der Waals surface area contributed by atoms with Crippen LogP contribution in [0.2, 0.25) is 0 Å². The van der Waals surface area contributed by atoms with Gasteiger partial charge >= 0.3 is 0 Å². The minimum absolute atomic E-state index is 0.0376. The Balaban J connectivity index is 1.59. The first-order valence-electron chi connectivity index (χ1n) is 6.59. The van der Waals surface area contributed by atoms with Gasteiger partial charge in [-0.15, -0.1) is 0 Å². The first-order chi connectivity index (χ1) is 8.42. The van der Waals surface area contributed by atoms with Gasteiger partial charge in [0.2, 0.25) is 0 Å². The summed E-state index contributed by atoms with van der Waals surface area (Å²) >= 11 is 0. The van der Waals surface area contributed by atoms with Crippen molar-refractivity contribution in [1.82, 2.24) is 15.5 Å². The van der Waals surface area contributed by atoms with Crippen LogP contribution in [0.25, 0.3) is 0 Å². The lowest BCUT2D eigenvalue weighted by molar-refractivity contribution is 0.0835. The summed E-state index contributed by atoms with van der Waals surface area (Å²) in [6.45, 7) is 1.92. The van der Waals surface area contributed by atoms with Gasteiger partial charge in [0.05, 0.1) is 0 Å². The molecule has 1 aromatic rings. The molecule has 1 N–H and O–H groups in total. The van der Waals surface area contributed by atoms with Crippen molar-refractivity contribution in [3.8, 4) is 0 Å². The Bertz CT molecular complexity index is 354. The molecule has 2 unspecified atom stereocenters. The lowest BCUT2D eigenvalue weighted by Gasteiger charge is -2.21. The summed E-state index contributed by atoms with van der Waals surface area (Å²) in [6, 6.07) is 0.513. The van der Waals surface area contributed by atoms with Crippen molar-refractivity contribution in [1.29, 1.82) is 0 Å². The van der Waals surface area contributed by atoms with E-state index in [2.05, 4.69) is 15.5 Å². The van der Waals surface area contributed by atoms with Crippen LogP contribution in [-0.4, -0.2) is 29.3 Å². The first kappa shape index (κ1) is 11.2. The van der Waals surface area contributed by atoms with Gasteiger partial charge < -0.3 is 14.6 Å². The number of nitrogens with one attached hydrogen (secondary N) is 1. The number of rotatable bonds is 3. The zero-order chi connectivity index (χ0) is 11.5. The number of ether oxygens (including phenoxy) is 1. The maximum atomic E-state index is 5.53. The van der Waals surface area contributed by atoms with Crippen LogP contribution in [0.15, 0.2) is 4.52 Å². The van der Waals surface area contributed by atoms with Gasteiger partial charge in [-0.25, -0.2) is 0 Å². The molecule has 3 heterocycles. The highest BCUT2D eigenvalue weighted by molar-refractivity contribution is 4.94. The van der Waals surface area contributed by atoms with Gasteiger partial charge in [0.15, 0.2) is 5.82 Å². The van der Waals surface area contributed by atoms with E-state index >= 15 is 0 Å². The molecule has 2 aliphatic heterocycles. The van der Waals surface area contributed by atoms with E-state index in [0.717, 1.165) is 38.2 Å². The van der Waals surface area contributed by atoms with Crippen molar-refractivity contribution in [2.24, 2.45) is 0 Å². The molecular weight excluding hydrogens is 218 g/mol. The second-order valence-electron chi connectivity index (χ2n) is 4.90. The molecule has 2 saturated heterocycles. The summed E-state index contributed by atoms with van der Waals surface area (Å²) in [7, 11) is 0. The minimum atomic E-state index is 0.0376. The van der Waals surface area contributed by atoms with Crippen LogP contribution in [0, 0.1) is 0 Å². The molecule has 2 atom stereocenters. The number of aromatic nitrogens is 2. The molecule has 2 aliphatic rings. The van der Waals surface area contributed by atoms with Gasteiger partial charge in [0.25, 0.3) is 5.89 Å². The summed E-state index contributed by atoms with van der Waals surface area (Å²) in [4.78, 5) is 4.44. The third-order valence-electron chi connectivity index (χ3n) is 3.53. The van der Waals surface area contributed by atoms with Crippen LogP contribution in [-0.2, 0) is 11.2 Å². The number of piperidine rings is 1. The van der Waals surface area contributed by atoms with Gasteiger partial charge in [0.1, 0.15) is 6.10 Å². The molecule has 3 rings (SSSR count). The molecule has 94 valence electrons. The first-order valence-corrected chi connectivity index (χ1v) is 6.59. The average Bonchev–Trinajstić information content (AvgIpc) is 3.00. The molecule has 0 saturated carbocycles. The Morgan fingerprint density at radius 2 is 2.24 bits per heavy atom. The van der Waals surface area contributed by atoms with E-state index in [1.807, 2.05) is 0 Å². The average molecular weight is 237 g/mol. The van der Waals surface area contributed by atoms with Gasteiger partial charge in [-0.05, 0) is 32.2 Å². The summed E-state index contributed by atoms with van der Waals surface area (Å²) in [5.41, 5.74) is 0. The molecule has 0 amide bonds. The smallest absolute Gasteiger partial charge is 0.255 e. The molecule has 5 nitrogen and oxygen atoms in total. The van der Waals surface area contributed by atoms with E-state index in [9.17, 15) is 0 Å². The highest BCUT2D eigenvalue weighted by atomic mass is 16.5. The van der Waals surface area contributed by atoms with Gasteiger partial charge in [-0.2, -0.15) is 4.98 Å². The van der Waals surface area contributed by atoms with Gasteiger partial charge in [-0.3, -0.25) is 0 Å². The van der Waals surface area contributed by atoms with Crippen LogP contribution in [0.5, 0.6) is 0 Å². The second-order valence-corrected chi connectivity index (χ2v) is 4.90. The van der Waals surface area contributed by atoms with Crippen LogP contribution in [0.3, 0.4) is 0 Å². The third-order valence-corrected chi connectivity index (χ3v) is 3.53. The van der Waals surface area contributed by atoms with Crippen molar-refractivity contribution in [2.45, 2.75) is 50.7 Å². The van der Waals surface area contributed by atoms with Gasteiger partial charge in [0, 0.05) is 19.1 Å². The highest BCUT2D eigenvalue weighted by Crippen LogP contribution is 2.27. The van der Waals surface area contributed by atoms with Crippen LogP contribution >= 0.6 is 0 Å². The quantitative estimate of drug-likeness (QED) is 0.865. The van der Waals surface area contributed by atoms with E-state index in [4.69, 9.17) is 9.26 Å². The normalized spacial score (nSPS) is 29.6. The summed E-state index contributed by atoms with van der Waals surface area (Å²) in [5.74, 6) is 1.48. The largest absolute Gasteiger partial charge is 0.368 e. The molecule has 0 spiro atoms. The molecule has 2 fully saturated rings. The fraction of sp³-hybridized carbons (Fsp3) is 0.833. The monoisotopic (exact) mass is 237 g/mol. The Kier molecular flexibility index (Phi) is 3.38. The van der Waals surface area contributed by atoms with Crippen molar-refractivity contribution in [2.75, 3.05) is 13.2 Å². The minimum Gasteiger partial charge on any atom is -0.368 e. The molecule has 0 radical (unpaired) electrons. The van der Waals surface area contributed by atoms with E-state index < -0.39 is 0 Å². The standard InChI is InChI=1S/C12H19N3O2/c1-2-6-13-9(4-1)8-11-14-12(17-15-11)10-5-3-7-16-10/h9-10,13H,1-8H2. The van der Waals surface area contributed by atoms with E-state index in [1.54, 1.807) is 0 Å². The Morgan fingerprint density at radius 1 is 1.24 bits per heavy atom. The predicted octanol–water partition coefficient (Wildman–Crippen LogP) is 1.61. The molecule has 17 heavy (non-hydrogen) atoms. The topological polar surface area (TPSA) is 60.2 Å². The predicted molar refractivity (Wildman–Crippen MR) is 61.6 cm³/mol. The van der Waals surface area contributed by atoms with Crippen molar-refractivity contribution in [3.63, 3.8) is 0 Å². The molecule has 1 aromatic heterocycles. The Labute approximate surface area is 101 Å². The number of hydrogen-bond acceptors (Lipinski definition) is 5. The second kappa shape index (κ2) is 5.14. The van der Waals surface area contributed by atoms with Crippen LogP contribution in [0.1, 0.15) is 49.9 Å². The Hall–Kier alpha value is -0.940. The molecular formula is C12H19N3O2. The molecule has 0 bridgehead atoms. The molecule has 0 aromatic carbocycles. The van der Waals surface area contributed by atoms with Crippen molar-refractivity contribution < 1.29 is 9.26 Å². The van der Waals surface area contributed by atoms with Crippen molar-refractivity contribution >= 4 is 0 Å². The summed E-state index contributed by atoms with van der Waals surface area (Å²) in [6.07, 6.45) is 6.80. The SMILES string of the molecule is C1CCC(Cc2noc(C3CCCO3)n2)NC1. The third kappa shape index (κ3) is 2.66. The van der Waals surface area contributed by atoms with Crippen molar-refractivity contribution in [3.05, 3.63) is 11.7 Å². The van der Waals surface area contributed by atoms with Gasteiger partial charge in [-0.1, -0.05) is 11.6 Å². The molecule has 5 heteroatoms. The maximum absolute atomic E-state index is 5.53. The van der Waals surface area contributed by atoms with E-state index in [1.165, 1.54) is 19.3 Å². The lowest BCUT2D eigenvalue weighted by atomic mass is 10.0. The maximum Gasteiger partial charge on any atom is 0.255 e. The molecule has 0 aliphatic carbocycles. The zero-order valence-electron chi connectivity index (χ0n) is 10.0. The van der Waals surface area contributed by atoms with E-state index in [0.29, 0.717) is 11.9 Å². The summed E-state index contributed by atoms with van der Waals surface area (Å²) < 4.78 is 10.8. The lowest BCUT2D eigenvalue weighted by Crippen LogP contribution is -2.35. The fourth-order valence-corrected chi connectivity index (χ4v) is 2.57. The van der Waals surface area contributed by atoms with Crippen LogP contribution in [0.4, 0.5) is 0 Å². The van der Waals surface area contributed by atoms with Crippen LogP contribution < -0.4 is 5.32 Å². The fourth-order valence-electron chi connectivity index (χ4n) is 2.57. The zero-order valence-corrected chi connectivity index (χ0v) is 10.0.